The lowest BCUT2D eigenvalue weighted by atomic mass is 9.73. The Kier molecular flexibility index (Phi) is 5.18. The van der Waals surface area contributed by atoms with Gasteiger partial charge in [0.25, 0.3) is 0 Å². The molecule has 2 N–H and O–H groups in total. The quantitative estimate of drug-likeness (QED) is 0.818. The first-order chi connectivity index (χ1) is 9.61. The molecule has 0 unspecified atom stereocenters. The molecule has 0 saturated carbocycles. The number of aliphatic hydroxyl groups is 2. The van der Waals surface area contributed by atoms with E-state index >= 15 is 0 Å². The van der Waals surface area contributed by atoms with Gasteiger partial charge in [0, 0.05) is 30.4 Å². The Labute approximate surface area is 121 Å². The zero-order valence-corrected chi connectivity index (χ0v) is 12.6. The molecular weight excluding hydrogens is 254 g/mol. The van der Waals surface area contributed by atoms with Crippen molar-refractivity contribution in [3.05, 3.63) is 18.0 Å². The highest BCUT2D eigenvalue weighted by Crippen LogP contribution is 2.35. The van der Waals surface area contributed by atoms with Crippen molar-refractivity contribution in [1.29, 1.82) is 0 Å². The standard InChI is InChI=1S/C15H27N3O2/c1-3-5-15(12-19)6-8-17(11-14(15)20)9-10-18-13(2)4-7-16-18/h4,7,14,19-20H,3,5-6,8-12H2,1-2H3/t14-,15-/m1/s1. The first-order valence-corrected chi connectivity index (χ1v) is 7.61. The van der Waals surface area contributed by atoms with E-state index in [4.69, 9.17) is 0 Å². The summed E-state index contributed by atoms with van der Waals surface area (Å²) in [5.41, 5.74) is 0.880. The van der Waals surface area contributed by atoms with Crippen LogP contribution in [-0.4, -0.2) is 57.2 Å². The van der Waals surface area contributed by atoms with E-state index in [1.165, 1.54) is 5.69 Å². The van der Waals surface area contributed by atoms with E-state index < -0.39 is 6.10 Å². The highest BCUT2D eigenvalue weighted by atomic mass is 16.3. The Hall–Kier alpha value is -0.910. The average molecular weight is 281 g/mol. The van der Waals surface area contributed by atoms with E-state index in [1.54, 1.807) is 0 Å². The van der Waals surface area contributed by atoms with Crippen molar-refractivity contribution in [1.82, 2.24) is 14.7 Å². The monoisotopic (exact) mass is 281 g/mol. The van der Waals surface area contributed by atoms with E-state index in [9.17, 15) is 10.2 Å². The van der Waals surface area contributed by atoms with Gasteiger partial charge in [0.15, 0.2) is 0 Å². The van der Waals surface area contributed by atoms with Gasteiger partial charge in [-0.05, 0) is 32.4 Å². The maximum absolute atomic E-state index is 10.4. The van der Waals surface area contributed by atoms with E-state index in [2.05, 4.69) is 23.8 Å². The molecule has 5 nitrogen and oxygen atoms in total. The molecule has 0 aromatic carbocycles. The summed E-state index contributed by atoms with van der Waals surface area (Å²) in [6, 6.07) is 2.00. The van der Waals surface area contributed by atoms with Gasteiger partial charge in [0.05, 0.1) is 19.3 Å². The number of likely N-dealkylation sites (tertiary alicyclic amines) is 1. The number of hydrogen-bond acceptors (Lipinski definition) is 4. The Balaban J connectivity index is 1.87. The number of aryl methyl sites for hydroxylation is 1. The topological polar surface area (TPSA) is 61.5 Å². The molecular formula is C15H27N3O2. The Bertz CT molecular complexity index is 421. The van der Waals surface area contributed by atoms with Crippen molar-refractivity contribution in [3.8, 4) is 0 Å². The van der Waals surface area contributed by atoms with Crippen LogP contribution in [0.15, 0.2) is 12.3 Å². The lowest BCUT2D eigenvalue weighted by molar-refractivity contribution is -0.0790. The molecule has 1 saturated heterocycles. The molecule has 0 aliphatic carbocycles. The van der Waals surface area contributed by atoms with Gasteiger partial charge in [-0.25, -0.2) is 0 Å². The van der Waals surface area contributed by atoms with Crippen molar-refractivity contribution in [2.45, 2.75) is 45.8 Å². The molecule has 1 aliphatic rings. The zero-order chi connectivity index (χ0) is 14.6. The molecule has 1 aromatic heterocycles. The summed E-state index contributed by atoms with van der Waals surface area (Å²) < 4.78 is 1.99. The maximum Gasteiger partial charge on any atom is 0.0745 e. The van der Waals surface area contributed by atoms with Crippen LogP contribution in [0.3, 0.4) is 0 Å². The fraction of sp³-hybridized carbons (Fsp3) is 0.800. The summed E-state index contributed by atoms with van der Waals surface area (Å²) in [6.07, 6.45) is 4.16. The number of rotatable bonds is 6. The number of aliphatic hydroxyl groups excluding tert-OH is 2. The van der Waals surface area contributed by atoms with Gasteiger partial charge in [0.1, 0.15) is 0 Å². The Morgan fingerprint density at radius 3 is 2.80 bits per heavy atom. The summed E-state index contributed by atoms with van der Waals surface area (Å²) in [4.78, 5) is 2.27. The van der Waals surface area contributed by atoms with Gasteiger partial charge < -0.3 is 10.2 Å². The second-order valence-electron chi connectivity index (χ2n) is 6.03. The molecule has 2 atom stereocenters. The van der Waals surface area contributed by atoms with Crippen molar-refractivity contribution < 1.29 is 10.2 Å². The fourth-order valence-corrected chi connectivity index (χ4v) is 3.20. The highest BCUT2D eigenvalue weighted by Gasteiger charge is 2.40. The van der Waals surface area contributed by atoms with Crippen LogP contribution in [0.5, 0.6) is 0 Å². The van der Waals surface area contributed by atoms with Crippen LogP contribution in [0.4, 0.5) is 0 Å². The van der Waals surface area contributed by atoms with Crippen LogP contribution in [0.25, 0.3) is 0 Å². The van der Waals surface area contributed by atoms with E-state index in [-0.39, 0.29) is 12.0 Å². The molecule has 20 heavy (non-hydrogen) atoms. The van der Waals surface area contributed by atoms with Crippen molar-refractivity contribution in [3.63, 3.8) is 0 Å². The normalized spacial score (nSPS) is 27.9. The molecule has 0 radical (unpaired) electrons. The van der Waals surface area contributed by atoms with E-state index in [0.29, 0.717) is 6.54 Å². The Morgan fingerprint density at radius 2 is 2.25 bits per heavy atom. The summed E-state index contributed by atoms with van der Waals surface area (Å²) in [5, 5.41) is 24.3. The molecule has 1 fully saturated rings. The molecule has 2 heterocycles. The molecule has 0 spiro atoms. The fourth-order valence-electron chi connectivity index (χ4n) is 3.20. The number of aromatic nitrogens is 2. The molecule has 2 rings (SSSR count). The van der Waals surface area contributed by atoms with Gasteiger partial charge >= 0.3 is 0 Å². The summed E-state index contributed by atoms with van der Waals surface area (Å²) in [7, 11) is 0. The number of hydrogen-bond donors (Lipinski definition) is 2. The molecule has 0 amide bonds. The predicted molar refractivity (Wildman–Crippen MR) is 78.5 cm³/mol. The Morgan fingerprint density at radius 1 is 1.45 bits per heavy atom. The first-order valence-electron chi connectivity index (χ1n) is 7.61. The maximum atomic E-state index is 10.4. The van der Waals surface area contributed by atoms with Crippen molar-refractivity contribution in [2.75, 3.05) is 26.2 Å². The summed E-state index contributed by atoms with van der Waals surface area (Å²) in [5.74, 6) is 0. The minimum atomic E-state index is -0.431. The highest BCUT2D eigenvalue weighted by molar-refractivity contribution is 4.97. The molecule has 1 aromatic rings. The third-order valence-corrected chi connectivity index (χ3v) is 4.68. The summed E-state index contributed by atoms with van der Waals surface area (Å²) in [6.45, 7) is 7.60. The SMILES string of the molecule is CCC[C@]1(CO)CCN(CCn2nccc2C)C[C@H]1O. The van der Waals surface area contributed by atoms with Crippen molar-refractivity contribution >= 4 is 0 Å². The van der Waals surface area contributed by atoms with E-state index in [1.807, 2.05) is 16.9 Å². The third-order valence-electron chi connectivity index (χ3n) is 4.68. The third kappa shape index (κ3) is 3.22. The molecule has 114 valence electrons. The number of nitrogens with zero attached hydrogens (tertiary/aromatic N) is 3. The van der Waals surface area contributed by atoms with Gasteiger partial charge in [0.2, 0.25) is 0 Å². The van der Waals surface area contributed by atoms with Crippen molar-refractivity contribution in [2.24, 2.45) is 5.41 Å². The van der Waals surface area contributed by atoms with Crippen LogP contribution in [0.1, 0.15) is 31.9 Å². The average Bonchev–Trinajstić information content (AvgIpc) is 2.85. The van der Waals surface area contributed by atoms with E-state index in [0.717, 1.165) is 38.9 Å². The van der Waals surface area contributed by atoms with Gasteiger partial charge in [-0.2, -0.15) is 5.10 Å². The van der Waals surface area contributed by atoms with Crippen LogP contribution in [-0.2, 0) is 6.54 Å². The largest absolute Gasteiger partial charge is 0.396 e. The zero-order valence-electron chi connectivity index (χ0n) is 12.6. The first kappa shape index (κ1) is 15.5. The lowest BCUT2D eigenvalue weighted by Gasteiger charge is -2.44. The summed E-state index contributed by atoms with van der Waals surface area (Å²) >= 11 is 0. The lowest BCUT2D eigenvalue weighted by Crippen LogP contribution is -2.53. The van der Waals surface area contributed by atoms with Crippen LogP contribution < -0.4 is 0 Å². The predicted octanol–water partition coefficient (Wildman–Crippen LogP) is 1.04. The molecule has 5 heteroatoms. The van der Waals surface area contributed by atoms with Crippen LogP contribution >= 0.6 is 0 Å². The van der Waals surface area contributed by atoms with Gasteiger partial charge in [-0.15, -0.1) is 0 Å². The van der Waals surface area contributed by atoms with Crippen LogP contribution in [0.2, 0.25) is 0 Å². The smallest absolute Gasteiger partial charge is 0.0745 e. The van der Waals surface area contributed by atoms with Crippen LogP contribution in [0, 0.1) is 12.3 Å². The van der Waals surface area contributed by atoms with Gasteiger partial charge in [-0.3, -0.25) is 9.58 Å². The second-order valence-corrected chi connectivity index (χ2v) is 6.03. The second kappa shape index (κ2) is 6.70. The minimum Gasteiger partial charge on any atom is -0.396 e. The number of piperidine rings is 1. The minimum absolute atomic E-state index is 0.0914. The molecule has 1 aliphatic heterocycles. The number of β-amino-alcohol motifs (C(OH)–C–C–N with tert-alkyl or cyclic N) is 1. The molecule has 0 bridgehead atoms. The van der Waals surface area contributed by atoms with Gasteiger partial charge in [-0.1, -0.05) is 13.3 Å².